The standard InChI is InChI=1S/C11H13NO4/c1-15-9-5-3-4-7(11(9)16-2)10(14)8(13)6-12/h3-5,8,10,13-14H,1-2H3. The molecule has 0 fully saturated rings. The van der Waals surface area contributed by atoms with Gasteiger partial charge in [0.05, 0.1) is 20.3 Å². The molecule has 1 rings (SSSR count). The Morgan fingerprint density at radius 1 is 1.25 bits per heavy atom. The molecule has 2 unspecified atom stereocenters. The highest BCUT2D eigenvalue weighted by Gasteiger charge is 2.23. The Hall–Kier alpha value is -1.77. The monoisotopic (exact) mass is 223 g/mol. The summed E-state index contributed by atoms with van der Waals surface area (Å²) in [6.45, 7) is 0. The van der Waals surface area contributed by atoms with E-state index in [1.807, 2.05) is 0 Å². The number of rotatable bonds is 4. The smallest absolute Gasteiger partial charge is 0.170 e. The molecule has 0 radical (unpaired) electrons. The number of aliphatic hydroxyl groups is 2. The Bertz CT molecular complexity index is 399. The van der Waals surface area contributed by atoms with Gasteiger partial charge < -0.3 is 19.7 Å². The molecule has 5 nitrogen and oxygen atoms in total. The van der Waals surface area contributed by atoms with Gasteiger partial charge in [0.2, 0.25) is 0 Å². The number of nitriles is 1. The number of methoxy groups -OCH3 is 2. The van der Waals surface area contributed by atoms with Gasteiger partial charge in [-0.1, -0.05) is 12.1 Å². The zero-order valence-corrected chi connectivity index (χ0v) is 9.04. The Morgan fingerprint density at radius 2 is 1.94 bits per heavy atom. The van der Waals surface area contributed by atoms with Crippen LogP contribution in [0.3, 0.4) is 0 Å². The van der Waals surface area contributed by atoms with E-state index in [4.69, 9.17) is 14.7 Å². The van der Waals surface area contributed by atoms with Crippen LogP contribution >= 0.6 is 0 Å². The van der Waals surface area contributed by atoms with Crippen molar-refractivity contribution in [3.8, 4) is 17.6 Å². The van der Waals surface area contributed by atoms with Gasteiger partial charge in [-0.3, -0.25) is 0 Å². The molecule has 0 aromatic heterocycles. The van der Waals surface area contributed by atoms with Gasteiger partial charge in [0.25, 0.3) is 0 Å². The van der Waals surface area contributed by atoms with E-state index in [1.54, 1.807) is 24.3 Å². The summed E-state index contributed by atoms with van der Waals surface area (Å²) < 4.78 is 10.1. The van der Waals surface area contributed by atoms with Gasteiger partial charge in [0, 0.05) is 5.56 Å². The summed E-state index contributed by atoms with van der Waals surface area (Å²) in [5.41, 5.74) is 0.316. The van der Waals surface area contributed by atoms with Crippen molar-refractivity contribution in [2.45, 2.75) is 12.2 Å². The summed E-state index contributed by atoms with van der Waals surface area (Å²) in [7, 11) is 2.89. The molecule has 0 amide bonds. The van der Waals surface area contributed by atoms with Crippen molar-refractivity contribution in [3.05, 3.63) is 23.8 Å². The molecule has 0 aliphatic carbocycles. The molecule has 86 valence electrons. The Kier molecular flexibility index (Phi) is 4.11. The minimum atomic E-state index is -1.50. The highest BCUT2D eigenvalue weighted by atomic mass is 16.5. The van der Waals surface area contributed by atoms with Crippen LogP contribution in [0.15, 0.2) is 18.2 Å². The van der Waals surface area contributed by atoms with E-state index in [1.165, 1.54) is 14.2 Å². The van der Waals surface area contributed by atoms with E-state index in [0.717, 1.165) is 0 Å². The van der Waals surface area contributed by atoms with Gasteiger partial charge in [0.1, 0.15) is 6.10 Å². The lowest BCUT2D eigenvalue weighted by atomic mass is 10.0. The van der Waals surface area contributed by atoms with E-state index < -0.39 is 12.2 Å². The molecular formula is C11H13NO4. The Morgan fingerprint density at radius 3 is 2.44 bits per heavy atom. The molecule has 1 aromatic rings. The minimum absolute atomic E-state index is 0.312. The number of hydrogen-bond donors (Lipinski definition) is 2. The fourth-order valence-electron chi connectivity index (χ4n) is 1.39. The lowest BCUT2D eigenvalue weighted by Gasteiger charge is -2.17. The Labute approximate surface area is 93.5 Å². The van der Waals surface area contributed by atoms with E-state index in [9.17, 15) is 10.2 Å². The number of hydrogen-bond acceptors (Lipinski definition) is 5. The third-order valence-corrected chi connectivity index (χ3v) is 2.18. The summed E-state index contributed by atoms with van der Waals surface area (Å²) in [4.78, 5) is 0. The van der Waals surface area contributed by atoms with E-state index in [2.05, 4.69) is 0 Å². The molecule has 1 aromatic carbocycles. The van der Waals surface area contributed by atoms with Crippen LogP contribution in [0.25, 0.3) is 0 Å². The number of ether oxygens (including phenoxy) is 2. The molecule has 0 saturated heterocycles. The maximum atomic E-state index is 9.71. The fourth-order valence-corrected chi connectivity index (χ4v) is 1.39. The first kappa shape index (κ1) is 12.3. The quantitative estimate of drug-likeness (QED) is 0.731. The van der Waals surface area contributed by atoms with E-state index in [-0.39, 0.29) is 0 Å². The SMILES string of the molecule is COc1cccc(C(O)C(O)C#N)c1OC. The number of para-hydroxylation sites is 1. The van der Waals surface area contributed by atoms with Crippen LogP contribution in [0.1, 0.15) is 11.7 Å². The molecule has 2 atom stereocenters. The van der Waals surface area contributed by atoms with Gasteiger partial charge in [0.15, 0.2) is 17.6 Å². The van der Waals surface area contributed by atoms with E-state index >= 15 is 0 Å². The normalized spacial score (nSPS) is 13.7. The van der Waals surface area contributed by atoms with Crippen molar-refractivity contribution in [3.63, 3.8) is 0 Å². The molecule has 0 saturated carbocycles. The van der Waals surface area contributed by atoms with Gasteiger partial charge >= 0.3 is 0 Å². The second-order valence-corrected chi connectivity index (χ2v) is 3.10. The number of benzene rings is 1. The molecular weight excluding hydrogens is 210 g/mol. The number of aliphatic hydroxyl groups excluding tert-OH is 2. The molecule has 0 aliphatic rings. The molecule has 0 spiro atoms. The van der Waals surface area contributed by atoms with Crippen molar-refractivity contribution >= 4 is 0 Å². The van der Waals surface area contributed by atoms with Crippen LogP contribution in [0.2, 0.25) is 0 Å². The summed E-state index contributed by atoms with van der Waals surface area (Å²) in [5.74, 6) is 0.746. The summed E-state index contributed by atoms with van der Waals surface area (Å²) >= 11 is 0. The first-order valence-corrected chi connectivity index (χ1v) is 4.62. The van der Waals surface area contributed by atoms with Crippen molar-refractivity contribution < 1.29 is 19.7 Å². The first-order valence-electron chi connectivity index (χ1n) is 4.62. The third-order valence-electron chi connectivity index (χ3n) is 2.18. The van der Waals surface area contributed by atoms with Crippen molar-refractivity contribution in [1.29, 1.82) is 5.26 Å². The second-order valence-electron chi connectivity index (χ2n) is 3.10. The van der Waals surface area contributed by atoms with Gasteiger partial charge in [-0.15, -0.1) is 0 Å². The zero-order chi connectivity index (χ0) is 12.1. The molecule has 5 heteroatoms. The highest BCUT2D eigenvalue weighted by molar-refractivity contribution is 5.48. The molecule has 2 N–H and O–H groups in total. The topological polar surface area (TPSA) is 82.7 Å². The maximum absolute atomic E-state index is 9.71. The summed E-state index contributed by atoms with van der Waals surface area (Å²) in [6.07, 6.45) is -2.82. The average Bonchev–Trinajstić information content (AvgIpc) is 2.35. The van der Waals surface area contributed by atoms with Gasteiger partial charge in [-0.2, -0.15) is 5.26 Å². The maximum Gasteiger partial charge on any atom is 0.170 e. The van der Waals surface area contributed by atoms with Crippen molar-refractivity contribution in [1.82, 2.24) is 0 Å². The van der Waals surface area contributed by atoms with Crippen LogP contribution in [0.4, 0.5) is 0 Å². The zero-order valence-electron chi connectivity index (χ0n) is 9.04. The first-order chi connectivity index (χ1) is 7.65. The van der Waals surface area contributed by atoms with Crippen LogP contribution in [-0.2, 0) is 0 Å². The Balaban J connectivity index is 3.18. The van der Waals surface area contributed by atoms with Gasteiger partial charge in [-0.05, 0) is 6.07 Å². The second kappa shape index (κ2) is 5.35. The predicted molar refractivity (Wildman–Crippen MR) is 56.1 cm³/mol. The fraction of sp³-hybridized carbons (Fsp3) is 0.364. The lowest BCUT2D eigenvalue weighted by molar-refractivity contribution is 0.0508. The largest absolute Gasteiger partial charge is 0.493 e. The molecule has 16 heavy (non-hydrogen) atoms. The molecule has 0 aliphatic heterocycles. The summed E-state index contributed by atoms with van der Waals surface area (Å²) in [5, 5.41) is 27.5. The molecule has 0 bridgehead atoms. The van der Waals surface area contributed by atoms with Crippen molar-refractivity contribution in [2.75, 3.05) is 14.2 Å². The van der Waals surface area contributed by atoms with Crippen LogP contribution in [-0.4, -0.2) is 30.5 Å². The average molecular weight is 223 g/mol. The predicted octanol–water partition coefficient (Wildman–Crippen LogP) is 0.622. The third kappa shape index (κ3) is 2.24. The van der Waals surface area contributed by atoms with Crippen LogP contribution in [0, 0.1) is 11.3 Å². The van der Waals surface area contributed by atoms with Crippen LogP contribution in [0.5, 0.6) is 11.5 Å². The highest BCUT2D eigenvalue weighted by Crippen LogP contribution is 2.35. The summed E-state index contributed by atoms with van der Waals surface area (Å²) in [6, 6.07) is 6.43. The number of nitrogens with zero attached hydrogens (tertiary/aromatic N) is 1. The minimum Gasteiger partial charge on any atom is -0.493 e. The van der Waals surface area contributed by atoms with Crippen LogP contribution < -0.4 is 9.47 Å². The molecule has 0 heterocycles. The van der Waals surface area contributed by atoms with E-state index in [0.29, 0.717) is 17.1 Å². The van der Waals surface area contributed by atoms with Crippen molar-refractivity contribution in [2.24, 2.45) is 0 Å². The van der Waals surface area contributed by atoms with Gasteiger partial charge in [-0.25, -0.2) is 0 Å². The lowest BCUT2D eigenvalue weighted by Crippen LogP contribution is -2.16.